The molecule has 0 aliphatic heterocycles. The van der Waals surface area contributed by atoms with E-state index >= 15 is 0 Å². The molecule has 4 rings (SSSR count). The van der Waals surface area contributed by atoms with Gasteiger partial charge < -0.3 is 4.74 Å². The normalized spacial score (nSPS) is 46.0. The van der Waals surface area contributed by atoms with E-state index in [2.05, 4.69) is 6.92 Å². The first-order chi connectivity index (χ1) is 11.8. The molecule has 0 bridgehead atoms. The summed E-state index contributed by atoms with van der Waals surface area (Å²) in [5.41, 5.74) is 0.654. The minimum Gasteiger partial charge on any atom is -0.469 e. The molecule has 6 atom stereocenters. The van der Waals surface area contributed by atoms with Crippen molar-refractivity contribution < 1.29 is 19.1 Å². The first-order valence-electron chi connectivity index (χ1n) is 9.68. The van der Waals surface area contributed by atoms with Crippen molar-refractivity contribution in [2.75, 3.05) is 7.11 Å². The predicted molar refractivity (Wildman–Crippen MR) is 92.6 cm³/mol. The van der Waals surface area contributed by atoms with Crippen LogP contribution in [-0.2, 0) is 19.1 Å². The van der Waals surface area contributed by atoms with Gasteiger partial charge >= 0.3 is 5.97 Å². The van der Waals surface area contributed by atoms with Gasteiger partial charge in [0.15, 0.2) is 5.78 Å². The van der Waals surface area contributed by atoms with Crippen LogP contribution in [0.3, 0.4) is 0 Å². The maximum absolute atomic E-state index is 13.2. The molecule has 0 aromatic rings. The van der Waals surface area contributed by atoms with Crippen LogP contribution >= 0.6 is 0 Å². The van der Waals surface area contributed by atoms with Crippen molar-refractivity contribution in [3.8, 4) is 0 Å². The number of hydrogen-bond acceptors (Lipinski definition) is 4. The number of Topliss-reactive ketones (excluding diaryl/α,β-unsaturated/α-hetero) is 1. The van der Waals surface area contributed by atoms with Gasteiger partial charge in [0, 0.05) is 18.3 Å². The lowest BCUT2D eigenvalue weighted by molar-refractivity contribution is -0.154. The molecule has 4 heteroatoms. The molecule has 0 heterocycles. The summed E-state index contributed by atoms with van der Waals surface area (Å²) in [6, 6.07) is 0. The van der Waals surface area contributed by atoms with E-state index in [1.807, 2.05) is 13.0 Å². The van der Waals surface area contributed by atoms with E-state index in [0.29, 0.717) is 30.5 Å². The van der Waals surface area contributed by atoms with E-state index in [1.165, 1.54) is 12.7 Å². The first-order valence-corrected chi connectivity index (χ1v) is 9.68. The average molecular weight is 344 g/mol. The zero-order valence-electron chi connectivity index (χ0n) is 15.5. The highest BCUT2D eigenvalue weighted by Gasteiger charge is 2.62. The van der Waals surface area contributed by atoms with E-state index in [4.69, 9.17) is 4.74 Å². The van der Waals surface area contributed by atoms with Gasteiger partial charge in [-0.1, -0.05) is 19.4 Å². The molecule has 3 saturated carbocycles. The number of carbonyl (C=O) groups excluding carboxylic acids is 3. The molecule has 4 aliphatic rings. The number of fused-ring (bicyclic) bond motifs is 5. The van der Waals surface area contributed by atoms with Crippen molar-refractivity contribution in [3.63, 3.8) is 0 Å². The largest absolute Gasteiger partial charge is 0.469 e. The number of rotatable bonds is 1. The number of hydrogen-bond donors (Lipinski definition) is 0. The van der Waals surface area contributed by atoms with Crippen molar-refractivity contribution in [2.24, 2.45) is 34.5 Å². The molecule has 0 radical (unpaired) electrons. The van der Waals surface area contributed by atoms with Crippen molar-refractivity contribution in [2.45, 2.75) is 58.8 Å². The lowest BCUT2D eigenvalue weighted by Crippen LogP contribution is -2.52. The Morgan fingerprint density at radius 2 is 1.92 bits per heavy atom. The fourth-order valence-electron chi connectivity index (χ4n) is 6.64. The SMILES string of the molecule is COC(=O)[C@@H]1CC[C@@H]2[C@@H]3CC[C@@H]4CC(=O)CC[C@]4(C)C3=CC(=O)[C@@]21C. The molecule has 4 aliphatic carbocycles. The number of allylic oxidation sites excluding steroid dienone is 2. The van der Waals surface area contributed by atoms with Gasteiger partial charge in [-0.15, -0.1) is 0 Å². The second-order valence-electron chi connectivity index (χ2n) is 9.05. The monoisotopic (exact) mass is 344 g/mol. The van der Waals surface area contributed by atoms with Gasteiger partial charge in [0.1, 0.15) is 5.78 Å². The minimum absolute atomic E-state index is 0.0167. The minimum atomic E-state index is -0.616. The summed E-state index contributed by atoms with van der Waals surface area (Å²) < 4.78 is 5.00. The summed E-state index contributed by atoms with van der Waals surface area (Å²) in [7, 11) is 1.42. The van der Waals surface area contributed by atoms with Crippen LogP contribution in [0.2, 0.25) is 0 Å². The molecule has 0 unspecified atom stereocenters. The van der Waals surface area contributed by atoms with Gasteiger partial charge in [-0.25, -0.2) is 0 Å². The Labute approximate surface area is 149 Å². The second kappa shape index (κ2) is 5.52. The van der Waals surface area contributed by atoms with Crippen molar-refractivity contribution in [1.29, 1.82) is 0 Å². The van der Waals surface area contributed by atoms with Gasteiger partial charge in [0.05, 0.1) is 13.0 Å². The van der Waals surface area contributed by atoms with Gasteiger partial charge in [0.25, 0.3) is 0 Å². The maximum Gasteiger partial charge on any atom is 0.309 e. The van der Waals surface area contributed by atoms with E-state index in [1.54, 1.807) is 0 Å². The quantitative estimate of drug-likeness (QED) is 0.683. The standard InChI is InChI=1S/C21H28O4/c1-20-9-8-13(22)10-12(20)4-5-14-15-6-7-16(19(24)25-3)21(15,2)18(23)11-17(14)20/h11-12,14-16H,4-10H2,1-3H3/t12-,14+,15-,16+,20+,21+/m1/s1. The van der Waals surface area contributed by atoms with Crippen LogP contribution in [0.4, 0.5) is 0 Å². The molecule has 0 N–H and O–H groups in total. The van der Waals surface area contributed by atoms with Crippen molar-refractivity contribution in [3.05, 3.63) is 11.6 Å². The number of methoxy groups -OCH3 is 1. The van der Waals surface area contributed by atoms with Gasteiger partial charge in [0.2, 0.25) is 0 Å². The van der Waals surface area contributed by atoms with Crippen molar-refractivity contribution >= 4 is 17.5 Å². The summed E-state index contributed by atoms with van der Waals surface area (Å²) in [4.78, 5) is 37.4. The molecule has 25 heavy (non-hydrogen) atoms. The average Bonchev–Trinajstić information content (AvgIpc) is 2.95. The number of carbonyl (C=O) groups is 3. The Kier molecular flexibility index (Phi) is 3.75. The van der Waals surface area contributed by atoms with Crippen LogP contribution in [0.5, 0.6) is 0 Å². The number of ketones is 2. The van der Waals surface area contributed by atoms with Crippen LogP contribution in [0.25, 0.3) is 0 Å². The zero-order chi connectivity index (χ0) is 18.0. The summed E-state index contributed by atoms with van der Waals surface area (Å²) in [6.45, 7) is 4.26. The van der Waals surface area contributed by atoms with Crippen LogP contribution in [0.15, 0.2) is 11.6 Å². The molecule has 0 aromatic heterocycles. The highest BCUT2D eigenvalue weighted by Crippen LogP contribution is 2.64. The van der Waals surface area contributed by atoms with E-state index in [-0.39, 0.29) is 29.0 Å². The van der Waals surface area contributed by atoms with Crippen LogP contribution in [0, 0.1) is 34.5 Å². The summed E-state index contributed by atoms with van der Waals surface area (Å²) >= 11 is 0. The Hall–Kier alpha value is -1.45. The number of esters is 1. The predicted octanol–water partition coefficient (Wildman–Crippen LogP) is 3.49. The fraction of sp³-hybridized carbons (Fsp3) is 0.762. The highest BCUT2D eigenvalue weighted by atomic mass is 16.5. The Bertz CT molecular complexity index is 677. The lowest BCUT2D eigenvalue weighted by Gasteiger charge is -2.55. The molecule has 0 amide bonds. The number of ether oxygens (including phenoxy) is 1. The molecule has 4 nitrogen and oxygen atoms in total. The zero-order valence-corrected chi connectivity index (χ0v) is 15.5. The molecule has 0 aromatic carbocycles. The van der Waals surface area contributed by atoms with Crippen LogP contribution < -0.4 is 0 Å². The van der Waals surface area contributed by atoms with E-state index in [0.717, 1.165) is 32.1 Å². The van der Waals surface area contributed by atoms with Crippen molar-refractivity contribution in [1.82, 2.24) is 0 Å². The third-order valence-corrected chi connectivity index (χ3v) is 8.23. The molecule has 0 spiro atoms. The first kappa shape index (κ1) is 17.0. The molecular weight excluding hydrogens is 316 g/mol. The molecule has 3 fully saturated rings. The Balaban J connectivity index is 1.75. The van der Waals surface area contributed by atoms with E-state index in [9.17, 15) is 14.4 Å². The maximum atomic E-state index is 13.2. The third-order valence-electron chi connectivity index (χ3n) is 8.23. The summed E-state index contributed by atoms with van der Waals surface area (Å²) in [5, 5.41) is 0. The van der Waals surface area contributed by atoms with Crippen LogP contribution in [-0.4, -0.2) is 24.6 Å². The second-order valence-corrected chi connectivity index (χ2v) is 9.05. The van der Waals surface area contributed by atoms with Gasteiger partial charge in [-0.3, -0.25) is 14.4 Å². The smallest absolute Gasteiger partial charge is 0.309 e. The lowest BCUT2D eigenvalue weighted by atomic mass is 9.48. The van der Waals surface area contributed by atoms with Crippen LogP contribution in [0.1, 0.15) is 58.8 Å². The van der Waals surface area contributed by atoms with Gasteiger partial charge in [-0.2, -0.15) is 0 Å². The fourth-order valence-corrected chi connectivity index (χ4v) is 6.64. The molecule has 0 saturated heterocycles. The molecule has 136 valence electrons. The molecular formula is C21H28O4. The Morgan fingerprint density at radius 3 is 2.64 bits per heavy atom. The van der Waals surface area contributed by atoms with Gasteiger partial charge in [-0.05, 0) is 61.3 Å². The topological polar surface area (TPSA) is 60.4 Å². The highest BCUT2D eigenvalue weighted by molar-refractivity contribution is 6.00. The van der Waals surface area contributed by atoms with E-state index < -0.39 is 5.41 Å². The summed E-state index contributed by atoms with van der Waals surface area (Å²) in [6.07, 6.45) is 7.83. The summed E-state index contributed by atoms with van der Waals surface area (Å²) in [5.74, 6) is 0.928. The third kappa shape index (κ3) is 2.15. The Morgan fingerprint density at radius 1 is 1.16 bits per heavy atom.